The molecule has 31 heavy (non-hydrogen) atoms. The van der Waals surface area contributed by atoms with Gasteiger partial charge in [0.2, 0.25) is 5.89 Å². The quantitative estimate of drug-likeness (QED) is 0.439. The number of ether oxygens (including phenoxy) is 1. The van der Waals surface area contributed by atoms with Crippen molar-refractivity contribution in [3.05, 3.63) is 84.7 Å². The fourth-order valence-electron chi connectivity index (χ4n) is 3.01. The monoisotopic (exact) mass is 417 g/mol. The summed E-state index contributed by atoms with van der Waals surface area (Å²) in [5, 5.41) is 11.0. The molecule has 1 N–H and O–H groups in total. The smallest absolute Gasteiger partial charge is 0.265 e. The van der Waals surface area contributed by atoms with Crippen LogP contribution in [0.4, 0.5) is 10.1 Å². The van der Waals surface area contributed by atoms with E-state index in [-0.39, 0.29) is 11.7 Å². The minimum absolute atomic E-state index is 0.295. The summed E-state index contributed by atoms with van der Waals surface area (Å²) in [6.45, 7) is 1.84. The molecule has 0 fully saturated rings. The highest BCUT2D eigenvalue weighted by atomic mass is 19.1. The molecule has 6 nitrogen and oxygen atoms in total. The third-order valence-electron chi connectivity index (χ3n) is 4.61. The number of aromatic nitrogens is 2. The van der Waals surface area contributed by atoms with Crippen LogP contribution in [0.15, 0.2) is 83.3 Å². The van der Waals surface area contributed by atoms with Crippen LogP contribution in [0, 0.1) is 5.82 Å². The van der Waals surface area contributed by atoms with Crippen LogP contribution in [-0.2, 0) is 4.79 Å². The normalized spacial score (nSPS) is 11.7. The van der Waals surface area contributed by atoms with Gasteiger partial charge in [0.25, 0.3) is 11.8 Å². The average molecular weight is 417 g/mol. The minimum atomic E-state index is -0.761. The zero-order valence-electron chi connectivity index (χ0n) is 16.8. The Bertz CT molecular complexity index is 1160. The number of carbonyl (C=O) groups excluding carboxylic acids is 1. The van der Waals surface area contributed by atoms with E-state index >= 15 is 0 Å². The Hall–Kier alpha value is -4.00. The Kier molecular flexibility index (Phi) is 6.03. The maximum Gasteiger partial charge on any atom is 0.265 e. The van der Waals surface area contributed by atoms with Gasteiger partial charge in [0.05, 0.1) is 5.56 Å². The summed E-state index contributed by atoms with van der Waals surface area (Å²) in [6.07, 6.45) is -0.330. The Labute approximate surface area is 178 Å². The summed E-state index contributed by atoms with van der Waals surface area (Å²) in [5.74, 6) is 0.436. The summed E-state index contributed by atoms with van der Waals surface area (Å²) in [5.41, 5.74) is 1.89. The fraction of sp³-hybridized carbons (Fsp3) is 0.125. The van der Waals surface area contributed by atoms with Crippen molar-refractivity contribution in [2.24, 2.45) is 0 Å². The number of hydrogen-bond acceptors (Lipinski definition) is 5. The van der Waals surface area contributed by atoms with Gasteiger partial charge in [0.15, 0.2) is 6.10 Å². The maximum absolute atomic E-state index is 13.1. The summed E-state index contributed by atoms with van der Waals surface area (Å²) >= 11 is 0. The number of rotatable bonds is 7. The van der Waals surface area contributed by atoms with Crippen molar-refractivity contribution >= 4 is 11.6 Å². The molecule has 1 amide bonds. The summed E-state index contributed by atoms with van der Waals surface area (Å²) in [7, 11) is 0. The highest BCUT2D eigenvalue weighted by molar-refractivity contribution is 5.94. The van der Waals surface area contributed by atoms with Gasteiger partial charge >= 0.3 is 0 Å². The van der Waals surface area contributed by atoms with Crippen LogP contribution in [0.2, 0.25) is 0 Å². The molecule has 0 unspecified atom stereocenters. The number of nitrogens with one attached hydrogen (secondary N) is 1. The van der Waals surface area contributed by atoms with Gasteiger partial charge in [-0.3, -0.25) is 4.79 Å². The first kappa shape index (κ1) is 20.3. The first-order valence-corrected chi connectivity index (χ1v) is 9.85. The zero-order chi connectivity index (χ0) is 21.6. The Morgan fingerprint density at radius 3 is 2.39 bits per heavy atom. The molecule has 1 heterocycles. The minimum Gasteiger partial charge on any atom is -0.480 e. The lowest BCUT2D eigenvalue weighted by Crippen LogP contribution is -2.32. The second kappa shape index (κ2) is 9.21. The third-order valence-corrected chi connectivity index (χ3v) is 4.61. The van der Waals surface area contributed by atoms with Crippen molar-refractivity contribution in [3.8, 4) is 28.7 Å². The largest absolute Gasteiger partial charge is 0.480 e. The van der Waals surface area contributed by atoms with Crippen molar-refractivity contribution in [3.63, 3.8) is 0 Å². The van der Waals surface area contributed by atoms with Gasteiger partial charge in [-0.15, -0.1) is 10.2 Å². The molecule has 0 saturated heterocycles. The molecule has 0 radical (unpaired) electrons. The molecule has 0 spiro atoms. The highest BCUT2D eigenvalue weighted by Crippen LogP contribution is 2.32. The van der Waals surface area contributed by atoms with E-state index in [4.69, 9.17) is 9.15 Å². The standard InChI is InChI=1S/C24H20FN3O3/c1-2-20(22(29)26-18-14-12-17(25)13-15-18)30-21-11-7-6-10-19(21)24-28-27-23(31-24)16-8-4-3-5-9-16/h3-15,20H,2H2,1H3,(H,26,29)/t20-/m1/s1. The summed E-state index contributed by atoms with van der Waals surface area (Å²) in [4.78, 5) is 12.7. The van der Waals surface area contributed by atoms with Gasteiger partial charge in [0, 0.05) is 11.3 Å². The van der Waals surface area contributed by atoms with Crippen LogP contribution < -0.4 is 10.1 Å². The predicted octanol–water partition coefficient (Wildman–Crippen LogP) is 5.34. The topological polar surface area (TPSA) is 77.2 Å². The van der Waals surface area contributed by atoms with Gasteiger partial charge in [-0.2, -0.15) is 0 Å². The molecule has 156 valence electrons. The molecule has 0 aliphatic rings. The average Bonchev–Trinajstić information content (AvgIpc) is 3.30. The van der Waals surface area contributed by atoms with E-state index in [1.54, 1.807) is 18.2 Å². The first-order chi connectivity index (χ1) is 15.1. The van der Waals surface area contributed by atoms with Crippen molar-refractivity contribution in [2.45, 2.75) is 19.4 Å². The van der Waals surface area contributed by atoms with Gasteiger partial charge in [-0.05, 0) is 55.0 Å². The lowest BCUT2D eigenvalue weighted by atomic mass is 10.2. The molecule has 7 heteroatoms. The number of para-hydroxylation sites is 1. The number of halogens is 1. The van der Waals surface area contributed by atoms with Crippen molar-refractivity contribution < 1.29 is 18.3 Å². The lowest BCUT2D eigenvalue weighted by molar-refractivity contribution is -0.122. The van der Waals surface area contributed by atoms with E-state index in [0.717, 1.165) is 5.56 Å². The Morgan fingerprint density at radius 1 is 0.968 bits per heavy atom. The van der Waals surface area contributed by atoms with E-state index in [0.29, 0.717) is 35.2 Å². The number of amides is 1. The summed E-state index contributed by atoms with van der Waals surface area (Å²) < 4.78 is 24.9. The summed E-state index contributed by atoms with van der Waals surface area (Å²) in [6, 6.07) is 22.2. The fourth-order valence-corrected chi connectivity index (χ4v) is 3.01. The van der Waals surface area contributed by atoms with Crippen LogP contribution in [0.1, 0.15) is 13.3 Å². The van der Waals surface area contributed by atoms with Crippen LogP contribution in [0.25, 0.3) is 22.9 Å². The van der Waals surface area contributed by atoms with Crippen molar-refractivity contribution in [1.82, 2.24) is 10.2 Å². The first-order valence-electron chi connectivity index (χ1n) is 9.85. The van der Waals surface area contributed by atoms with E-state index < -0.39 is 6.10 Å². The molecule has 0 bridgehead atoms. The molecular weight excluding hydrogens is 397 g/mol. The Balaban J connectivity index is 1.54. The molecule has 0 saturated carbocycles. The molecule has 1 aromatic heterocycles. The van der Waals surface area contributed by atoms with Crippen LogP contribution >= 0.6 is 0 Å². The zero-order valence-corrected chi connectivity index (χ0v) is 16.8. The number of nitrogens with zero attached hydrogens (tertiary/aromatic N) is 2. The molecule has 1 atom stereocenters. The number of hydrogen-bond donors (Lipinski definition) is 1. The predicted molar refractivity (Wildman–Crippen MR) is 115 cm³/mol. The molecule has 4 rings (SSSR count). The molecule has 0 aliphatic heterocycles. The second-order valence-corrected chi connectivity index (χ2v) is 6.79. The van der Waals surface area contributed by atoms with E-state index in [1.807, 2.05) is 43.3 Å². The molecule has 4 aromatic rings. The van der Waals surface area contributed by atoms with Gasteiger partial charge in [-0.25, -0.2) is 4.39 Å². The van der Waals surface area contributed by atoms with Crippen molar-refractivity contribution in [2.75, 3.05) is 5.32 Å². The lowest BCUT2D eigenvalue weighted by Gasteiger charge is -2.18. The van der Waals surface area contributed by atoms with Gasteiger partial charge in [0.1, 0.15) is 11.6 Å². The number of benzene rings is 3. The second-order valence-electron chi connectivity index (χ2n) is 6.79. The van der Waals surface area contributed by atoms with Gasteiger partial charge < -0.3 is 14.5 Å². The molecular formula is C24H20FN3O3. The van der Waals surface area contributed by atoms with E-state index in [9.17, 15) is 9.18 Å². The molecule has 3 aromatic carbocycles. The number of carbonyl (C=O) groups is 1. The Morgan fingerprint density at radius 2 is 1.65 bits per heavy atom. The van der Waals surface area contributed by atoms with Gasteiger partial charge in [-0.1, -0.05) is 37.3 Å². The SMILES string of the molecule is CC[C@@H](Oc1ccccc1-c1nnc(-c2ccccc2)o1)C(=O)Nc1ccc(F)cc1. The van der Waals surface area contributed by atoms with Crippen LogP contribution in [0.5, 0.6) is 5.75 Å². The van der Waals surface area contributed by atoms with Crippen LogP contribution in [-0.4, -0.2) is 22.2 Å². The van der Waals surface area contributed by atoms with Crippen molar-refractivity contribution in [1.29, 1.82) is 0 Å². The molecule has 0 aliphatic carbocycles. The maximum atomic E-state index is 13.1. The highest BCUT2D eigenvalue weighted by Gasteiger charge is 2.22. The third kappa shape index (κ3) is 4.78. The van der Waals surface area contributed by atoms with Crippen LogP contribution in [0.3, 0.4) is 0 Å². The number of anilines is 1. The van der Waals surface area contributed by atoms with E-state index in [1.165, 1.54) is 24.3 Å². The van der Waals surface area contributed by atoms with E-state index in [2.05, 4.69) is 15.5 Å².